The van der Waals surface area contributed by atoms with E-state index >= 15 is 0 Å². The number of hydrogen-bond acceptors (Lipinski definition) is 4. The summed E-state index contributed by atoms with van der Waals surface area (Å²) in [4.78, 5) is 24.7. The second-order valence-electron chi connectivity index (χ2n) is 5.39. The van der Waals surface area contributed by atoms with Crippen LogP contribution in [0.15, 0.2) is 18.2 Å². The maximum absolute atomic E-state index is 12.6. The highest BCUT2D eigenvalue weighted by Crippen LogP contribution is 2.36. The molecule has 0 saturated carbocycles. The molecular weight excluding hydrogens is 260 g/mol. The Labute approximate surface area is 116 Å². The first-order chi connectivity index (χ1) is 9.58. The van der Waals surface area contributed by atoms with Crippen LogP contribution in [0.1, 0.15) is 18.9 Å². The maximum Gasteiger partial charge on any atom is 0.269 e. The number of fused-ring (bicyclic) bond motifs is 1. The van der Waals surface area contributed by atoms with E-state index in [1.807, 2.05) is 6.92 Å². The highest BCUT2D eigenvalue weighted by Gasteiger charge is 2.36. The third kappa shape index (κ3) is 2.06. The van der Waals surface area contributed by atoms with Crippen molar-refractivity contribution in [3.8, 4) is 0 Å². The van der Waals surface area contributed by atoms with Crippen molar-refractivity contribution in [2.75, 3.05) is 18.1 Å². The van der Waals surface area contributed by atoms with Crippen molar-refractivity contribution in [3.05, 3.63) is 33.9 Å². The van der Waals surface area contributed by atoms with E-state index in [-0.39, 0.29) is 23.6 Å². The van der Waals surface area contributed by atoms with E-state index < -0.39 is 4.92 Å². The Morgan fingerprint density at radius 3 is 2.95 bits per heavy atom. The van der Waals surface area contributed by atoms with Crippen LogP contribution in [-0.4, -0.2) is 30.1 Å². The summed E-state index contributed by atoms with van der Waals surface area (Å²) in [7, 11) is 0. The number of carbonyl (C=O) groups is 1. The number of nitrogens with zero attached hydrogens (tertiary/aromatic N) is 2. The number of nitro benzene ring substituents is 1. The van der Waals surface area contributed by atoms with Gasteiger partial charge in [-0.05, 0) is 31.4 Å². The molecule has 6 nitrogen and oxygen atoms in total. The topological polar surface area (TPSA) is 72.7 Å². The Morgan fingerprint density at radius 2 is 2.30 bits per heavy atom. The van der Waals surface area contributed by atoms with Gasteiger partial charge in [-0.15, -0.1) is 0 Å². The molecule has 3 rings (SSSR count). The number of nitro groups is 1. The highest BCUT2D eigenvalue weighted by atomic mass is 16.6. The molecule has 2 heterocycles. The SMILES string of the molecule is C[C@@H]1Cc2cc([N+](=O)[O-])ccc2N1C(=O)[C@@H]1CCOC1. The van der Waals surface area contributed by atoms with Gasteiger partial charge in [-0.1, -0.05) is 0 Å². The van der Waals surface area contributed by atoms with Crippen LogP contribution >= 0.6 is 0 Å². The van der Waals surface area contributed by atoms with Crippen molar-refractivity contribution in [1.29, 1.82) is 0 Å². The minimum atomic E-state index is -0.403. The molecule has 20 heavy (non-hydrogen) atoms. The monoisotopic (exact) mass is 276 g/mol. The number of hydrogen-bond donors (Lipinski definition) is 0. The predicted octanol–water partition coefficient (Wildman–Crippen LogP) is 1.91. The summed E-state index contributed by atoms with van der Waals surface area (Å²) in [6.07, 6.45) is 1.42. The molecule has 2 aliphatic rings. The normalized spacial score (nSPS) is 24.8. The molecule has 106 valence electrons. The van der Waals surface area contributed by atoms with Gasteiger partial charge >= 0.3 is 0 Å². The van der Waals surface area contributed by atoms with Crippen LogP contribution in [0, 0.1) is 16.0 Å². The largest absolute Gasteiger partial charge is 0.381 e. The van der Waals surface area contributed by atoms with Crippen LogP contribution < -0.4 is 4.90 Å². The molecule has 0 aliphatic carbocycles. The number of rotatable bonds is 2. The van der Waals surface area contributed by atoms with Crippen LogP contribution in [0.5, 0.6) is 0 Å². The zero-order valence-electron chi connectivity index (χ0n) is 11.2. The van der Waals surface area contributed by atoms with Crippen LogP contribution in [0.25, 0.3) is 0 Å². The third-order valence-corrected chi connectivity index (χ3v) is 4.01. The number of non-ortho nitro benzene ring substituents is 1. The van der Waals surface area contributed by atoms with Crippen molar-refractivity contribution in [3.63, 3.8) is 0 Å². The van der Waals surface area contributed by atoms with E-state index in [1.54, 1.807) is 17.0 Å². The van der Waals surface area contributed by atoms with Gasteiger partial charge in [0.25, 0.3) is 5.69 Å². The van der Waals surface area contributed by atoms with E-state index in [0.717, 1.165) is 17.7 Å². The number of ether oxygens (including phenoxy) is 1. The van der Waals surface area contributed by atoms with Crippen molar-refractivity contribution in [2.45, 2.75) is 25.8 Å². The fourth-order valence-corrected chi connectivity index (χ4v) is 2.99. The van der Waals surface area contributed by atoms with Crippen LogP contribution in [0.2, 0.25) is 0 Å². The molecule has 2 aliphatic heterocycles. The lowest BCUT2D eigenvalue weighted by Gasteiger charge is -2.25. The number of benzene rings is 1. The summed E-state index contributed by atoms with van der Waals surface area (Å²) in [6, 6.07) is 4.76. The van der Waals surface area contributed by atoms with E-state index in [2.05, 4.69) is 0 Å². The summed E-state index contributed by atoms with van der Waals surface area (Å²) in [5, 5.41) is 10.8. The van der Waals surface area contributed by atoms with E-state index in [0.29, 0.717) is 19.6 Å². The molecule has 1 aromatic rings. The van der Waals surface area contributed by atoms with Crippen molar-refractivity contribution in [1.82, 2.24) is 0 Å². The van der Waals surface area contributed by atoms with Gasteiger partial charge in [0, 0.05) is 30.5 Å². The van der Waals surface area contributed by atoms with Gasteiger partial charge < -0.3 is 9.64 Å². The fourth-order valence-electron chi connectivity index (χ4n) is 2.99. The predicted molar refractivity (Wildman–Crippen MR) is 72.7 cm³/mol. The van der Waals surface area contributed by atoms with Gasteiger partial charge in [0.05, 0.1) is 17.4 Å². The molecule has 0 radical (unpaired) electrons. The van der Waals surface area contributed by atoms with Crippen molar-refractivity contribution in [2.24, 2.45) is 5.92 Å². The Kier molecular flexibility index (Phi) is 3.17. The lowest BCUT2D eigenvalue weighted by molar-refractivity contribution is -0.384. The molecule has 1 amide bonds. The van der Waals surface area contributed by atoms with E-state index in [9.17, 15) is 14.9 Å². The zero-order valence-corrected chi connectivity index (χ0v) is 11.2. The lowest BCUT2D eigenvalue weighted by Crippen LogP contribution is -2.40. The lowest BCUT2D eigenvalue weighted by atomic mass is 10.1. The molecule has 0 aromatic heterocycles. The molecule has 0 N–H and O–H groups in total. The van der Waals surface area contributed by atoms with Crippen LogP contribution in [-0.2, 0) is 16.0 Å². The molecule has 1 saturated heterocycles. The summed E-state index contributed by atoms with van der Waals surface area (Å²) in [5.74, 6) is -0.0128. The zero-order chi connectivity index (χ0) is 14.3. The second kappa shape index (κ2) is 4.86. The summed E-state index contributed by atoms with van der Waals surface area (Å²) in [5.41, 5.74) is 1.76. The van der Waals surface area contributed by atoms with Crippen LogP contribution in [0.4, 0.5) is 11.4 Å². The van der Waals surface area contributed by atoms with Gasteiger partial charge in [0.2, 0.25) is 5.91 Å². The molecule has 1 aromatic carbocycles. The van der Waals surface area contributed by atoms with Crippen molar-refractivity contribution >= 4 is 17.3 Å². The van der Waals surface area contributed by atoms with E-state index in [4.69, 9.17) is 4.74 Å². The number of carbonyl (C=O) groups excluding carboxylic acids is 1. The van der Waals surface area contributed by atoms with Gasteiger partial charge in [-0.25, -0.2) is 0 Å². The molecule has 0 unspecified atom stereocenters. The molecular formula is C14H16N2O4. The standard InChI is InChI=1S/C14H16N2O4/c1-9-6-11-7-12(16(18)19)2-3-13(11)15(9)14(17)10-4-5-20-8-10/h2-3,7,9-10H,4-6,8H2,1H3/t9-,10-/m1/s1. The third-order valence-electron chi connectivity index (χ3n) is 4.01. The summed E-state index contributed by atoms with van der Waals surface area (Å²) in [6.45, 7) is 3.08. The molecule has 6 heteroatoms. The smallest absolute Gasteiger partial charge is 0.269 e. The average Bonchev–Trinajstić information content (AvgIpc) is 3.03. The average molecular weight is 276 g/mol. The fraction of sp³-hybridized carbons (Fsp3) is 0.500. The first-order valence-corrected chi connectivity index (χ1v) is 6.76. The Morgan fingerprint density at radius 1 is 1.50 bits per heavy atom. The highest BCUT2D eigenvalue weighted by molar-refractivity contribution is 5.98. The minimum absolute atomic E-state index is 0.0418. The molecule has 0 bridgehead atoms. The van der Waals surface area contributed by atoms with E-state index in [1.165, 1.54) is 6.07 Å². The quantitative estimate of drug-likeness (QED) is 0.611. The molecule has 0 spiro atoms. The van der Waals surface area contributed by atoms with Gasteiger partial charge in [-0.3, -0.25) is 14.9 Å². The summed E-state index contributed by atoms with van der Waals surface area (Å²) < 4.78 is 5.27. The Hall–Kier alpha value is -1.95. The molecule has 2 atom stereocenters. The number of anilines is 1. The minimum Gasteiger partial charge on any atom is -0.381 e. The van der Waals surface area contributed by atoms with Gasteiger partial charge in [0.1, 0.15) is 0 Å². The number of amides is 1. The second-order valence-corrected chi connectivity index (χ2v) is 5.39. The maximum atomic E-state index is 12.6. The first kappa shape index (κ1) is 13.1. The van der Waals surface area contributed by atoms with Gasteiger partial charge in [-0.2, -0.15) is 0 Å². The Bertz CT molecular complexity index is 566. The molecule has 1 fully saturated rings. The van der Waals surface area contributed by atoms with Crippen LogP contribution in [0.3, 0.4) is 0 Å². The first-order valence-electron chi connectivity index (χ1n) is 6.76. The summed E-state index contributed by atoms with van der Waals surface area (Å²) >= 11 is 0. The van der Waals surface area contributed by atoms with Crippen molar-refractivity contribution < 1.29 is 14.5 Å². The Balaban J connectivity index is 1.91. The van der Waals surface area contributed by atoms with Gasteiger partial charge in [0.15, 0.2) is 0 Å².